The summed E-state index contributed by atoms with van der Waals surface area (Å²) in [7, 11) is 0. The van der Waals surface area contributed by atoms with E-state index in [0.717, 1.165) is 8.95 Å². The number of carbonyl (C=O) groups excluding carboxylic acids is 2. The Kier molecular flexibility index (Phi) is 19.4. The zero-order chi connectivity index (χ0) is 29.4. The van der Waals surface area contributed by atoms with Crippen molar-refractivity contribution < 1.29 is 29.4 Å². The number of para-hydroxylation sites is 2. The normalized spacial score (nSPS) is 9.53. The zero-order valence-electron chi connectivity index (χ0n) is 20.9. The number of rotatable bonds is 8. The molecule has 0 heterocycles. The molecule has 0 fully saturated rings. The standard InChI is InChI=1S/2C15H12BrNO3.3Na.3H/c2*16-11-6-4-9(5-7-11)15(20)12-3-1-2-10(14(12)17)8-13(18)19;;;;;;/h2*1-7H,8,17H2,(H,18,19);;;;;;. The third-order valence-corrected chi connectivity index (χ3v) is 6.84. The molecule has 0 amide bonds. The van der Waals surface area contributed by atoms with Gasteiger partial charge in [0.25, 0.3) is 0 Å². The van der Waals surface area contributed by atoms with E-state index in [1.807, 2.05) is 0 Å². The summed E-state index contributed by atoms with van der Waals surface area (Å²) in [6, 6.07) is 23.5. The van der Waals surface area contributed by atoms with E-state index >= 15 is 0 Å². The number of halogens is 2. The van der Waals surface area contributed by atoms with Crippen molar-refractivity contribution in [3.8, 4) is 0 Å². The fourth-order valence-corrected chi connectivity index (χ4v) is 4.30. The maximum absolute atomic E-state index is 12.4. The Morgan fingerprint density at radius 2 is 0.837 bits per heavy atom. The van der Waals surface area contributed by atoms with Crippen LogP contribution in [-0.4, -0.2) is 122 Å². The number of carboxylic acids is 2. The first-order valence-corrected chi connectivity index (χ1v) is 13.4. The molecule has 4 rings (SSSR count). The molecule has 4 aromatic carbocycles. The van der Waals surface area contributed by atoms with Crippen LogP contribution >= 0.6 is 31.9 Å². The van der Waals surface area contributed by atoms with Gasteiger partial charge in [-0.05, 0) is 71.8 Å². The molecule has 0 saturated heterocycles. The molecule has 0 radical (unpaired) electrons. The third-order valence-electron chi connectivity index (χ3n) is 5.78. The maximum atomic E-state index is 12.4. The summed E-state index contributed by atoms with van der Waals surface area (Å²) in [5.74, 6) is -2.40. The summed E-state index contributed by atoms with van der Waals surface area (Å²) in [5, 5.41) is 17.6. The van der Waals surface area contributed by atoms with Gasteiger partial charge in [-0.15, -0.1) is 0 Å². The molecule has 0 spiro atoms. The number of ketones is 2. The van der Waals surface area contributed by atoms with Gasteiger partial charge >= 0.3 is 101 Å². The number of nitrogens with two attached hydrogens (primary N) is 2. The molecule has 43 heavy (non-hydrogen) atoms. The van der Waals surface area contributed by atoms with Crippen molar-refractivity contribution in [2.75, 3.05) is 11.5 Å². The molecule has 0 saturated carbocycles. The van der Waals surface area contributed by atoms with E-state index in [9.17, 15) is 19.2 Å². The molecule has 4 aromatic rings. The van der Waals surface area contributed by atoms with Crippen LogP contribution in [0.1, 0.15) is 43.0 Å². The number of aliphatic carboxylic acids is 2. The molecule has 0 aliphatic heterocycles. The summed E-state index contributed by atoms with van der Waals surface area (Å²) >= 11 is 6.61. The van der Waals surface area contributed by atoms with Crippen LogP contribution < -0.4 is 11.5 Å². The van der Waals surface area contributed by atoms with Gasteiger partial charge in [-0.25, -0.2) is 0 Å². The monoisotopic (exact) mass is 738 g/mol. The van der Waals surface area contributed by atoms with Gasteiger partial charge in [0.15, 0.2) is 11.6 Å². The van der Waals surface area contributed by atoms with Gasteiger partial charge in [-0.1, -0.05) is 56.1 Å². The molecule has 0 atom stereocenters. The Balaban J connectivity index is 0.000000767. The average Bonchev–Trinajstić information content (AvgIpc) is 2.91. The van der Waals surface area contributed by atoms with Gasteiger partial charge in [0.05, 0.1) is 12.8 Å². The third kappa shape index (κ3) is 12.2. The predicted molar refractivity (Wildman–Crippen MR) is 181 cm³/mol. The van der Waals surface area contributed by atoms with Crippen LogP contribution in [0.25, 0.3) is 0 Å². The number of hydrogen-bond acceptors (Lipinski definition) is 6. The zero-order valence-corrected chi connectivity index (χ0v) is 24.1. The second-order valence-corrected chi connectivity index (χ2v) is 10.4. The van der Waals surface area contributed by atoms with Crippen LogP contribution in [0.5, 0.6) is 0 Å². The van der Waals surface area contributed by atoms with Gasteiger partial charge in [-0.2, -0.15) is 0 Å². The van der Waals surface area contributed by atoms with E-state index in [1.54, 1.807) is 84.9 Å². The van der Waals surface area contributed by atoms with Gasteiger partial charge in [0, 0.05) is 42.6 Å². The van der Waals surface area contributed by atoms with Crippen molar-refractivity contribution >= 4 is 155 Å². The molecular formula is C30H27Br2N2Na3O6. The van der Waals surface area contributed by atoms with Crippen LogP contribution in [0.4, 0.5) is 11.4 Å². The number of carbonyl (C=O) groups is 4. The summed E-state index contributed by atoms with van der Waals surface area (Å²) in [5.41, 5.74) is 14.8. The van der Waals surface area contributed by atoms with Gasteiger partial charge in [-0.3, -0.25) is 19.2 Å². The van der Waals surface area contributed by atoms with Crippen LogP contribution in [0.2, 0.25) is 0 Å². The van der Waals surface area contributed by atoms with Crippen molar-refractivity contribution in [3.05, 3.63) is 127 Å². The molecule has 0 bridgehead atoms. The van der Waals surface area contributed by atoms with E-state index in [2.05, 4.69) is 31.9 Å². The van der Waals surface area contributed by atoms with Gasteiger partial charge in [0.2, 0.25) is 0 Å². The Hall–Kier alpha value is -1.28. The number of hydrogen-bond donors (Lipinski definition) is 4. The fraction of sp³-hybridized carbons (Fsp3) is 0.0667. The second-order valence-electron chi connectivity index (χ2n) is 8.57. The topological polar surface area (TPSA) is 161 Å². The fourth-order valence-electron chi connectivity index (χ4n) is 3.77. The summed E-state index contributed by atoms with van der Waals surface area (Å²) in [4.78, 5) is 46.3. The molecule has 0 aromatic heterocycles. The first kappa shape index (κ1) is 41.7. The van der Waals surface area contributed by atoms with Crippen molar-refractivity contribution in [1.82, 2.24) is 0 Å². The summed E-state index contributed by atoms with van der Waals surface area (Å²) in [6.07, 6.45) is -0.402. The summed E-state index contributed by atoms with van der Waals surface area (Å²) in [6.45, 7) is 0. The van der Waals surface area contributed by atoms with E-state index in [0.29, 0.717) is 33.4 Å². The van der Waals surface area contributed by atoms with Crippen molar-refractivity contribution in [2.45, 2.75) is 12.8 Å². The van der Waals surface area contributed by atoms with Gasteiger partial charge in [0.1, 0.15) is 0 Å². The summed E-state index contributed by atoms with van der Waals surface area (Å²) < 4.78 is 1.75. The van der Waals surface area contributed by atoms with Crippen molar-refractivity contribution in [2.24, 2.45) is 0 Å². The SMILES string of the molecule is Nc1c(CC(=O)O)cccc1C(=O)c1ccc(Br)cc1.Nc1c(CC(=O)O)cccc1C(=O)c1ccc(Br)cc1.[NaH].[NaH].[NaH]. The number of nitrogen functional groups attached to an aromatic ring is 2. The minimum atomic E-state index is -0.982. The van der Waals surface area contributed by atoms with E-state index < -0.39 is 11.9 Å². The molecule has 0 aliphatic rings. The van der Waals surface area contributed by atoms with E-state index in [4.69, 9.17) is 21.7 Å². The molecule has 0 unspecified atom stereocenters. The van der Waals surface area contributed by atoms with Crippen LogP contribution in [-0.2, 0) is 22.4 Å². The molecule has 6 N–H and O–H groups in total. The van der Waals surface area contributed by atoms with Gasteiger partial charge < -0.3 is 21.7 Å². The quantitative estimate of drug-likeness (QED) is 0.121. The number of carboxylic acid groups (broad SMARTS) is 2. The molecule has 13 heteroatoms. The van der Waals surface area contributed by atoms with Crippen molar-refractivity contribution in [3.63, 3.8) is 0 Å². The molecule has 0 aliphatic carbocycles. The van der Waals surface area contributed by atoms with Crippen LogP contribution in [0, 0.1) is 0 Å². The predicted octanol–water partition coefficient (Wildman–Crippen LogP) is 3.83. The van der Waals surface area contributed by atoms with E-state index in [1.165, 1.54) is 0 Å². The van der Waals surface area contributed by atoms with Crippen molar-refractivity contribution in [1.29, 1.82) is 0 Å². The average molecular weight is 740 g/mol. The van der Waals surface area contributed by atoms with Crippen LogP contribution in [0.3, 0.4) is 0 Å². The molecule has 210 valence electrons. The van der Waals surface area contributed by atoms with E-state index in [-0.39, 0.29) is 124 Å². The second kappa shape index (κ2) is 20.0. The first-order chi connectivity index (χ1) is 19.0. The Morgan fingerprint density at radius 1 is 0.535 bits per heavy atom. The van der Waals surface area contributed by atoms with Crippen LogP contribution in [0.15, 0.2) is 93.9 Å². The molecular weight excluding hydrogens is 713 g/mol. The Labute approximate surface area is 332 Å². The Bertz CT molecular complexity index is 1470. The Morgan fingerprint density at radius 3 is 1.12 bits per heavy atom. The minimum absolute atomic E-state index is 0. The molecule has 8 nitrogen and oxygen atoms in total. The number of anilines is 2. The first-order valence-electron chi connectivity index (χ1n) is 11.8. The number of benzene rings is 4.